The predicted molar refractivity (Wildman–Crippen MR) is 155 cm³/mol. The van der Waals surface area contributed by atoms with Gasteiger partial charge in [-0.05, 0) is 76.4 Å². The number of hydrogen-bond donors (Lipinski definition) is 1. The van der Waals surface area contributed by atoms with Crippen LogP contribution >= 0.6 is 0 Å². The van der Waals surface area contributed by atoms with Gasteiger partial charge in [0.1, 0.15) is 5.60 Å². The lowest BCUT2D eigenvalue weighted by Gasteiger charge is -2.23. The molecule has 0 aliphatic carbocycles. The first-order valence-corrected chi connectivity index (χ1v) is 13.5. The number of esters is 1. The number of nitrogens with one attached hydrogen (secondary N) is 1. The molecule has 1 unspecified atom stereocenters. The Labute approximate surface area is 230 Å². The third-order valence-corrected chi connectivity index (χ3v) is 6.72. The van der Waals surface area contributed by atoms with Gasteiger partial charge in [0.25, 0.3) is 0 Å². The monoisotopic (exact) mass is 524 g/mol. The van der Waals surface area contributed by atoms with Crippen LogP contribution in [0.5, 0.6) is 5.88 Å². The highest BCUT2D eigenvalue weighted by atomic mass is 16.6. The van der Waals surface area contributed by atoms with Crippen LogP contribution in [0.2, 0.25) is 0 Å². The van der Waals surface area contributed by atoms with E-state index in [1.165, 1.54) is 11.1 Å². The van der Waals surface area contributed by atoms with Crippen molar-refractivity contribution < 1.29 is 14.3 Å². The molecule has 39 heavy (non-hydrogen) atoms. The molecule has 0 amide bonds. The van der Waals surface area contributed by atoms with Crippen molar-refractivity contribution >= 4 is 28.5 Å². The van der Waals surface area contributed by atoms with E-state index in [9.17, 15) is 4.79 Å². The number of para-hydroxylation sites is 1. The van der Waals surface area contributed by atoms with Crippen molar-refractivity contribution in [1.82, 2.24) is 9.97 Å². The predicted octanol–water partition coefficient (Wildman–Crippen LogP) is 6.99. The quantitative estimate of drug-likeness (QED) is 0.261. The average molecular weight is 525 g/mol. The second-order valence-corrected chi connectivity index (χ2v) is 11.1. The first-order chi connectivity index (χ1) is 18.6. The van der Waals surface area contributed by atoms with Crippen LogP contribution in [0.1, 0.15) is 73.3 Å². The third kappa shape index (κ3) is 5.67. The van der Waals surface area contributed by atoms with Gasteiger partial charge in [-0.3, -0.25) is 0 Å². The first-order valence-electron chi connectivity index (χ1n) is 13.5. The van der Waals surface area contributed by atoms with Crippen LogP contribution < -0.4 is 15.0 Å². The molecule has 0 saturated heterocycles. The van der Waals surface area contributed by atoms with E-state index in [1.54, 1.807) is 6.07 Å². The summed E-state index contributed by atoms with van der Waals surface area (Å²) in [6.07, 6.45) is 0. The SMILES string of the molecule is CCOc1nc(N2Cc3ccccc3C2)nc2c(C(C)Nc3ccccc3C(=O)OC(C)(C)C)cc(C)cc12. The molecule has 1 atom stereocenters. The topological polar surface area (TPSA) is 76.6 Å². The van der Waals surface area contributed by atoms with E-state index >= 15 is 0 Å². The van der Waals surface area contributed by atoms with Crippen LogP contribution in [-0.2, 0) is 17.8 Å². The Morgan fingerprint density at radius 3 is 2.36 bits per heavy atom. The van der Waals surface area contributed by atoms with E-state index in [-0.39, 0.29) is 12.0 Å². The minimum Gasteiger partial charge on any atom is -0.477 e. The van der Waals surface area contributed by atoms with Gasteiger partial charge < -0.3 is 19.7 Å². The van der Waals surface area contributed by atoms with Gasteiger partial charge in [-0.1, -0.05) is 42.5 Å². The number of benzene rings is 3. The largest absolute Gasteiger partial charge is 0.477 e. The van der Waals surface area contributed by atoms with Crippen molar-refractivity contribution in [3.8, 4) is 5.88 Å². The van der Waals surface area contributed by atoms with E-state index in [0.29, 0.717) is 29.7 Å². The summed E-state index contributed by atoms with van der Waals surface area (Å²) < 4.78 is 11.7. The number of carbonyl (C=O) groups excluding carboxylic acids is 1. The highest BCUT2D eigenvalue weighted by Crippen LogP contribution is 2.35. The maximum absolute atomic E-state index is 13.0. The summed E-state index contributed by atoms with van der Waals surface area (Å²) in [7, 11) is 0. The number of fused-ring (bicyclic) bond motifs is 2. The van der Waals surface area contributed by atoms with Gasteiger partial charge in [-0.2, -0.15) is 4.98 Å². The van der Waals surface area contributed by atoms with E-state index in [1.807, 2.05) is 45.9 Å². The van der Waals surface area contributed by atoms with E-state index in [0.717, 1.165) is 35.1 Å². The van der Waals surface area contributed by atoms with Gasteiger partial charge in [-0.25, -0.2) is 9.78 Å². The van der Waals surface area contributed by atoms with Gasteiger partial charge >= 0.3 is 5.97 Å². The smallest absolute Gasteiger partial charge is 0.340 e. The summed E-state index contributed by atoms with van der Waals surface area (Å²) >= 11 is 0. The Bertz CT molecular complexity index is 1500. The summed E-state index contributed by atoms with van der Waals surface area (Å²) in [4.78, 5) is 25.1. The van der Waals surface area contributed by atoms with Gasteiger partial charge in [0, 0.05) is 24.3 Å². The van der Waals surface area contributed by atoms with Gasteiger partial charge in [0.2, 0.25) is 11.8 Å². The first kappa shape index (κ1) is 26.5. The van der Waals surface area contributed by atoms with Gasteiger partial charge in [0.15, 0.2) is 0 Å². The Morgan fingerprint density at radius 1 is 1.03 bits per heavy atom. The molecule has 0 bridgehead atoms. The summed E-state index contributed by atoms with van der Waals surface area (Å²) in [5.41, 5.74) is 6.12. The molecule has 7 heteroatoms. The molecule has 1 aliphatic rings. The molecule has 2 heterocycles. The maximum Gasteiger partial charge on any atom is 0.340 e. The number of rotatable bonds is 7. The summed E-state index contributed by atoms with van der Waals surface area (Å²) in [6.45, 7) is 13.7. The Kier molecular flexibility index (Phi) is 7.17. The molecule has 1 aromatic heterocycles. The Balaban J connectivity index is 1.54. The number of carbonyl (C=O) groups is 1. The van der Waals surface area contributed by atoms with Crippen LogP contribution in [0, 0.1) is 6.92 Å². The number of anilines is 2. The molecule has 0 radical (unpaired) electrons. The molecule has 0 fully saturated rings. The molecule has 1 aliphatic heterocycles. The summed E-state index contributed by atoms with van der Waals surface area (Å²) in [5, 5.41) is 4.43. The molecular weight excluding hydrogens is 488 g/mol. The maximum atomic E-state index is 13.0. The van der Waals surface area contributed by atoms with Crippen LogP contribution in [0.25, 0.3) is 10.9 Å². The third-order valence-electron chi connectivity index (χ3n) is 6.72. The number of nitrogens with zero attached hydrogens (tertiary/aromatic N) is 3. The number of aryl methyl sites for hydroxylation is 1. The fourth-order valence-electron chi connectivity index (χ4n) is 4.99. The normalized spacial score (nSPS) is 13.7. The molecule has 1 N–H and O–H groups in total. The molecule has 3 aromatic carbocycles. The zero-order valence-electron chi connectivity index (χ0n) is 23.5. The van der Waals surface area contributed by atoms with Gasteiger partial charge in [0.05, 0.1) is 29.1 Å². The van der Waals surface area contributed by atoms with Crippen LogP contribution in [-0.4, -0.2) is 28.1 Å². The molecule has 4 aromatic rings. The van der Waals surface area contributed by atoms with Crippen molar-refractivity contribution in [2.45, 2.75) is 66.3 Å². The molecule has 5 rings (SSSR count). The number of ether oxygens (including phenoxy) is 2. The molecule has 202 valence electrons. The lowest BCUT2D eigenvalue weighted by molar-refractivity contribution is 0.00706. The fraction of sp³-hybridized carbons (Fsp3) is 0.344. The van der Waals surface area contributed by atoms with Crippen molar-refractivity contribution in [3.05, 3.63) is 88.5 Å². The highest BCUT2D eigenvalue weighted by molar-refractivity contribution is 5.96. The number of hydrogen-bond acceptors (Lipinski definition) is 7. The average Bonchev–Trinajstić information content (AvgIpc) is 3.32. The molecular formula is C32H36N4O3. The van der Waals surface area contributed by atoms with E-state index in [4.69, 9.17) is 19.4 Å². The molecule has 7 nitrogen and oxygen atoms in total. The van der Waals surface area contributed by atoms with Crippen molar-refractivity contribution in [3.63, 3.8) is 0 Å². The number of aromatic nitrogens is 2. The fourth-order valence-corrected chi connectivity index (χ4v) is 4.99. The Morgan fingerprint density at radius 2 is 1.69 bits per heavy atom. The lowest BCUT2D eigenvalue weighted by Crippen LogP contribution is -2.24. The van der Waals surface area contributed by atoms with Crippen molar-refractivity contribution in [2.24, 2.45) is 0 Å². The summed E-state index contributed by atoms with van der Waals surface area (Å²) in [5.74, 6) is 0.872. The summed E-state index contributed by atoms with van der Waals surface area (Å²) in [6, 6.07) is 20.0. The van der Waals surface area contributed by atoms with E-state index < -0.39 is 5.60 Å². The second kappa shape index (κ2) is 10.6. The highest BCUT2D eigenvalue weighted by Gasteiger charge is 2.25. The van der Waals surface area contributed by atoms with Crippen molar-refractivity contribution in [2.75, 3.05) is 16.8 Å². The second-order valence-electron chi connectivity index (χ2n) is 11.1. The van der Waals surface area contributed by atoms with Crippen LogP contribution in [0.3, 0.4) is 0 Å². The lowest BCUT2D eigenvalue weighted by atomic mass is 10.0. The molecule has 0 saturated carbocycles. The zero-order chi connectivity index (χ0) is 27.7. The molecule has 0 spiro atoms. The standard InChI is InChI=1S/C32H36N4O3/c1-7-38-29-26-17-20(2)16-25(21(3)33-27-15-11-10-14-24(27)30(37)39-32(4,5)6)28(26)34-31(35-29)36-18-22-12-8-9-13-23(22)19-36/h8-17,21,33H,7,18-19H2,1-6H3. The zero-order valence-corrected chi connectivity index (χ0v) is 23.5. The van der Waals surface area contributed by atoms with Crippen molar-refractivity contribution in [1.29, 1.82) is 0 Å². The van der Waals surface area contributed by atoms with Gasteiger partial charge in [-0.15, -0.1) is 0 Å². The minimum atomic E-state index is -0.583. The van der Waals surface area contributed by atoms with E-state index in [2.05, 4.69) is 60.5 Å². The van der Waals surface area contributed by atoms with Crippen LogP contribution in [0.4, 0.5) is 11.6 Å². The minimum absolute atomic E-state index is 0.163. The van der Waals surface area contributed by atoms with Crippen LogP contribution in [0.15, 0.2) is 60.7 Å². The Hall–Kier alpha value is -4.13.